The van der Waals surface area contributed by atoms with Gasteiger partial charge in [-0.25, -0.2) is 4.98 Å². The number of aromatic nitrogens is 1. The van der Waals surface area contributed by atoms with Gasteiger partial charge in [-0.2, -0.15) is 13.2 Å². The maximum atomic E-state index is 12.4. The molecule has 0 bridgehead atoms. The Hall–Kier alpha value is -1.89. The highest BCUT2D eigenvalue weighted by atomic mass is 79.9. The molecule has 0 radical (unpaired) electrons. The van der Waals surface area contributed by atoms with Gasteiger partial charge in [0, 0.05) is 10.7 Å². The van der Waals surface area contributed by atoms with E-state index in [9.17, 15) is 18.0 Å². The Morgan fingerprint density at radius 3 is 2.43 bits per heavy atom. The predicted molar refractivity (Wildman–Crippen MR) is 75.7 cm³/mol. The lowest BCUT2D eigenvalue weighted by Gasteiger charge is -2.08. The smallest absolute Gasteiger partial charge is 0.310 e. The Labute approximate surface area is 127 Å². The van der Waals surface area contributed by atoms with Crippen LogP contribution in [0.15, 0.2) is 47.1 Å². The zero-order chi connectivity index (χ0) is 15.5. The number of rotatable bonds is 3. The summed E-state index contributed by atoms with van der Waals surface area (Å²) in [7, 11) is 0. The molecule has 1 N–H and O–H groups in total. The number of amides is 1. The molecular weight excluding hydrogens is 349 g/mol. The highest BCUT2D eigenvalue weighted by Gasteiger charge is 2.29. The molecule has 0 saturated heterocycles. The first kappa shape index (κ1) is 15.5. The number of anilines is 1. The number of carbonyl (C=O) groups is 1. The van der Waals surface area contributed by atoms with Crippen LogP contribution in [0.4, 0.5) is 19.0 Å². The standard InChI is InChI=1S/C14H10BrF3N2O/c15-11-5-6-19-12(8-11)20-13(21)7-9-1-3-10(4-2-9)14(16,17)18/h1-6,8H,7H2,(H,19,20,21). The Morgan fingerprint density at radius 1 is 1.19 bits per heavy atom. The number of benzene rings is 1. The van der Waals surface area contributed by atoms with Crippen molar-refractivity contribution in [3.05, 3.63) is 58.2 Å². The first-order chi connectivity index (χ1) is 9.84. The monoisotopic (exact) mass is 358 g/mol. The molecule has 2 rings (SSSR count). The van der Waals surface area contributed by atoms with E-state index in [1.807, 2.05) is 0 Å². The molecule has 21 heavy (non-hydrogen) atoms. The number of hydrogen-bond donors (Lipinski definition) is 1. The average Bonchev–Trinajstić information content (AvgIpc) is 2.38. The summed E-state index contributed by atoms with van der Waals surface area (Å²) in [5.74, 6) is 0.0293. The van der Waals surface area contributed by atoms with Crippen molar-refractivity contribution in [3.63, 3.8) is 0 Å². The first-order valence-corrected chi connectivity index (χ1v) is 6.71. The van der Waals surface area contributed by atoms with Gasteiger partial charge >= 0.3 is 6.18 Å². The second-order valence-corrected chi connectivity index (χ2v) is 5.19. The number of nitrogens with one attached hydrogen (secondary N) is 1. The van der Waals surface area contributed by atoms with Crippen LogP contribution >= 0.6 is 15.9 Å². The van der Waals surface area contributed by atoms with Gasteiger partial charge in [-0.05, 0) is 29.8 Å². The summed E-state index contributed by atoms with van der Waals surface area (Å²) in [6.45, 7) is 0. The summed E-state index contributed by atoms with van der Waals surface area (Å²) in [5.41, 5.74) is -0.240. The van der Waals surface area contributed by atoms with Gasteiger partial charge in [-0.3, -0.25) is 4.79 Å². The Balaban J connectivity index is 2.00. The number of pyridine rings is 1. The third kappa shape index (κ3) is 4.56. The quantitative estimate of drug-likeness (QED) is 0.899. The summed E-state index contributed by atoms with van der Waals surface area (Å²) in [6, 6.07) is 7.84. The lowest BCUT2D eigenvalue weighted by molar-refractivity contribution is -0.137. The van der Waals surface area contributed by atoms with Crippen molar-refractivity contribution in [2.45, 2.75) is 12.6 Å². The summed E-state index contributed by atoms with van der Waals surface area (Å²) in [6.07, 6.45) is -2.87. The second kappa shape index (κ2) is 6.26. The summed E-state index contributed by atoms with van der Waals surface area (Å²) in [5, 5.41) is 2.57. The Morgan fingerprint density at radius 2 is 1.86 bits per heavy atom. The topological polar surface area (TPSA) is 42.0 Å². The maximum absolute atomic E-state index is 12.4. The summed E-state index contributed by atoms with van der Waals surface area (Å²) in [4.78, 5) is 15.7. The van der Waals surface area contributed by atoms with Crippen LogP contribution in [-0.2, 0) is 17.4 Å². The van der Waals surface area contributed by atoms with Crippen LogP contribution in [0, 0.1) is 0 Å². The normalized spacial score (nSPS) is 11.2. The van der Waals surface area contributed by atoms with E-state index in [4.69, 9.17) is 0 Å². The third-order valence-electron chi connectivity index (χ3n) is 2.64. The fraction of sp³-hybridized carbons (Fsp3) is 0.143. The van der Waals surface area contributed by atoms with Crippen molar-refractivity contribution in [1.82, 2.24) is 4.98 Å². The fourth-order valence-electron chi connectivity index (χ4n) is 1.66. The zero-order valence-electron chi connectivity index (χ0n) is 10.6. The molecule has 0 aliphatic rings. The van der Waals surface area contributed by atoms with Crippen LogP contribution < -0.4 is 5.32 Å². The van der Waals surface area contributed by atoms with Crippen LogP contribution in [-0.4, -0.2) is 10.9 Å². The van der Waals surface area contributed by atoms with Crippen LogP contribution in [0.5, 0.6) is 0 Å². The molecule has 0 fully saturated rings. The molecule has 0 spiro atoms. The average molecular weight is 359 g/mol. The van der Waals surface area contributed by atoms with E-state index >= 15 is 0 Å². The molecule has 1 aromatic heterocycles. The Bertz CT molecular complexity index is 641. The van der Waals surface area contributed by atoms with Gasteiger partial charge in [0.05, 0.1) is 12.0 Å². The Kier molecular flexibility index (Phi) is 4.62. The molecule has 0 aliphatic heterocycles. The molecule has 0 unspecified atom stereocenters. The molecule has 2 aromatic rings. The highest BCUT2D eigenvalue weighted by Crippen LogP contribution is 2.29. The van der Waals surface area contributed by atoms with E-state index < -0.39 is 11.7 Å². The van der Waals surface area contributed by atoms with Gasteiger partial charge in [0.1, 0.15) is 5.82 Å². The first-order valence-electron chi connectivity index (χ1n) is 5.92. The van der Waals surface area contributed by atoms with Crippen molar-refractivity contribution in [1.29, 1.82) is 0 Å². The van der Waals surface area contributed by atoms with Crippen LogP contribution in [0.2, 0.25) is 0 Å². The van der Waals surface area contributed by atoms with Crippen molar-refractivity contribution < 1.29 is 18.0 Å². The molecule has 110 valence electrons. The summed E-state index contributed by atoms with van der Waals surface area (Å²) < 4.78 is 38.0. The number of hydrogen-bond acceptors (Lipinski definition) is 2. The number of nitrogens with zero attached hydrogens (tertiary/aromatic N) is 1. The van der Waals surface area contributed by atoms with Gasteiger partial charge in [-0.1, -0.05) is 28.1 Å². The second-order valence-electron chi connectivity index (χ2n) is 4.28. The van der Waals surface area contributed by atoms with E-state index in [-0.39, 0.29) is 12.3 Å². The minimum absolute atomic E-state index is 0.0215. The molecule has 1 amide bonds. The van der Waals surface area contributed by atoms with E-state index in [2.05, 4.69) is 26.2 Å². The van der Waals surface area contributed by atoms with Crippen molar-refractivity contribution in [2.75, 3.05) is 5.32 Å². The van der Waals surface area contributed by atoms with Gasteiger partial charge in [0.2, 0.25) is 5.91 Å². The lowest BCUT2D eigenvalue weighted by atomic mass is 10.1. The van der Waals surface area contributed by atoms with Crippen molar-refractivity contribution in [3.8, 4) is 0 Å². The molecule has 0 saturated carbocycles. The molecule has 1 heterocycles. The van der Waals surface area contributed by atoms with Gasteiger partial charge < -0.3 is 5.32 Å². The molecule has 0 aliphatic carbocycles. The largest absolute Gasteiger partial charge is 0.416 e. The number of halogens is 4. The minimum Gasteiger partial charge on any atom is -0.310 e. The summed E-state index contributed by atoms with van der Waals surface area (Å²) >= 11 is 3.25. The van der Waals surface area contributed by atoms with E-state index in [0.29, 0.717) is 11.4 Å². The number of carbonyl (C=O) groups excluding carboxylic acids is 1. The highest BCUT2D eigenvalue weighted by molar-refractivity contribution is 9.10. The molecule has 0 atom stereocenters. The molecular formula is C14H10BrF3N2O. The van der Waals surface area contributed by atoms with Crippen LogP contribution in [0.3, 0.4) is 0 Å². The van der Waals surface area contributed by atoms with Gasteiger partial charge in [0.15, 0.2) is 0 Å². The van der Waals surface area contributed by atoms with Gasteiger partial charge in [-0.15, -0.1) is 0 Å². The van der Waals surface area contributed by atoms with Crippen LogP contribution in [0.25, 0.3) is 0 Å². The number of alkyl halides is 3. The van der Waals surface area contributed by atoms with E-state index in [1.165, 1.54) is 18.3 Å². The predicted octanol–water partition coefficient (Wildman–Crippen LogP) is 4.04. The van der Waals surface area contributed by atoms with Crippen LogP contribution in [0.1, 0.15) is 11.1 Å². The van der Waals surface area contributed by atoms with E-state index in [0.717, 1.165) is 16.6 Å². The molecule has 7 heteroatoms. The SMILES string of the molecule is O=C(Cc1ccc(C(F)(F)F)cc1)Nc1cc(Br)ccn1. The van der Waals surface area contributed by atoms with Gasteiger partial charge in [0.25, 0.3) is 0 Å². The van der Waals surface area contributed by atoms with E-state index in [1.54, 1.807) is 12.1 Å². The molecule has 3 nitrogen and oxygen atoms in total. The van der Waals surface area contributed by atoms with Crippen molar-refractivity contribution in [2.24, 2.45) is 0 Å². The minimum atomic E-state index is -4.37. The lowest BCUT2D eigenvalue weighted by Crippen LogP contribution is -2.15. The fourth-order valence-corrected chi connectivity index (χ4v) is 1.99. The third-order valence-corrected chi connectivity index (χ3v) is 3.13. The zero-order valence-corrected chi connectivity index (χ0v) is 12.2. The van der Waals surface area contributed by atoms with Crippen molar-refractivity contribution >= 4 is 27.7 Å². The molecule has 1 aromatic carbocycles. The maximum Gasteiger partial charge on any atom is 0.416 e.